The molecule has 1 heterocycles. The molecule has 0 radical (unpaired) electrons. The van der Waals surface area contributed by atoms with Gasteiger partial charge in [0.1, 0.15) is 17.5 Å². The average Bonchev–Trinajstić information content (AvgIpc) is 2.64. The Bertz CT molecular complexity index is 678. The number of hydrogen-bond donors (Lipinski definition) is 2. The van der Waals surface area contributed by atoms with Gasteiger partial charge in [-0.2, -0.15) is 0 Å². The van der Waals surface area contributed by atoms with Gasteiger partial charge in [-0.1, -0.05) is 0 Å². The minimum absolute atomic E-state index is 0.0462. The van der Waals surface area contributed by atoms with Gasteiger partial charge in [0.25, 0.3) is 0 Å². The van der Waals surface area contributed by atoms with Crippen molar-refractivity contribution >= 4 is 23.5 Å². The second-order valence-corrected chi connectivity index (χ2v) is 5.67. The molecule has 2 amide bonds. The maximum atomic E-state index is 12.5. The molecule has 0 aliphatic carbocycles. The zero-order chi connectivity index (χ0) is 19.1. The fraction of sp³-hybridized carbons (Fsp3) is 0.471. The summed E-state index contributed by atoms with van der Waals surface area (Å²) in [6.45, 7) is 0.817. The van der Waals surface area contributed by atoms with Gasteiger partial charge in [0, 0.05) is 19.2 Å². The van der Waals surface area contributed by atoms with Crippen LogP contribution >= 0.6 is 0 Å². The highest BCUT2D eigenvalue weighted by molar-refractivity contribution is 5.95. The van der Waals surface area contributed by atoms with Crippen molar-refractivity contribution < 1.29 is 28.6 Å². The second-order valence-electron chi connectivity index (χ2n) is 5.67. The predicted octanol–water partition coefficient (Wildman–Crippen LogP) is 0.00580. The van der Waals surface area contributed by atoms with Gasteiger partial charge >= 0.3 is 5.97 Å². The van der Waals surface area contributed by atoms with Gasteiger partial charge in [0.2, 0.25) is 11.8 Å². The third-order valence-electron chi connectivity index (χ3n) is 4.06. The fourth-order valence-electron chi connectivity index (χ4n) is 2.70. The zero-order valence-electron chi connectivity index (χ0n) is 15.0. The van der Waals surface area contributed by atoms with E-state index in [1.807, 2.05) is 0 Å². The number of carbonyl (C=O) groups excluding carboxylic acids is 3. The lowest BCUT2D eigenvalue weighted by atomic mass is 10.1. The number of amides is 2. The molecular formula is C17H23N3O6. The molecule has 0 aromatic heterocycles. The van der Waals surface area contributed by atoms with Crippen LogP contribution in [0.4, 0.5) is 5.69 Å². The van der Waals surface area contributed by atoms with Crippen LogP contribution in [-0.4, -0.2) is 69.7 Å². The monoisotopic (exact) mass is 365 g/mol. The number of methoxy groups -OCH3 is 3. The molecule has 142 valence electrons. The van der Waals surface area contributed by atoms with E-state index in [1.54, 1.807) is 23.1 Å². The minimum Gasteiger partial charge on any atom is -0.497 e. The Hall–Kier alpha value is -2.81. The normalized spacial score (nSPS) is 17.2. The van der Waals surface area contributed by atoms with Crippen LogP contribution in [0.5, 0.6) is 11.5 Å². The number of carbonyl (C=O) groups is 3. The van der Waals surface area contributed by atoms with Crippen LogP contribution in [0.3, 0.4) is 0 Å². The van der Waals surface area contributed by atoms with E-state index in [0.717, 1.165) is 0 Å². The van der Waals surface area contributed by atoms with Crippen molar-refractivity contribution in [2.24, 2.45) is 0 Å². The van der Waals surface area contributed by atoms with Gasteiger partial charge in [-0.25, -0.2) is 0 Å². The van der Waals surface area contributed by atoms with Crippen LogP contribution in [0.2, 0.25) is 0 Å². The third kappa shape index (κ3) is 4.85. The van der Waals surface area contributed by atoms with Gasteiger partial charge in [-0.3, -0.25) is 19.3 Å². The lowest BCUT2D eigenvalue weighted by Gasteiger charge is -2.33. The Kier molecular flexibility index (Phi) is 6.79. The third-order valence-corrected chi connectivity index (χ3v) is 4.06. The molecule has 1 aromatic carbocycles. The average molecular weight is 365 g/mol. The number of hydrogen-bond acceptors (Lipinski definition) is 7. The molecule has 0 bridgehead atoms. The van der Waals surface area contributed by atoms with E-state index in [1.165, 1.54) is 21.3 Å². The number of nitrogens with zero attached hydrogens (tertiary/aromatic N) is 1. The lowest BCUT2D eigenvalue weighted by Crippen LogP contribution is -2.57. The van der Waals surface area contributed by atoms with Gasteiger partial charge in [0.15, 0.2) is 0 Å². The van der Waals surface area contributed by atoms with Gasteiger partial charge in [-0.15, -0.1) is 0 Å². The van der Waals surface area contributed by atoms with E-state index in [-0.39, 0.29) is 24.8 Å². The number of esters is 1. The molecule has 2 N–H and O–H groups in total. The molecule has 1 atom stereocenters. The highest BCUT2D eigenvalue weighted by atomic mass is 16.5. The molecule has 1 aliphatic heterocycles. The Morgan fingerprint density at radius 2 is 2.04 bits per heavy atom. The van der Waals surface area contributed by atoms with Crippen molar-refractivity contribution in [2.45, 2.75) is 12.5 Å². The van der Waals surface area contributed by atoms with Crippen molar-refractivity contribution in [3.8, 4) is 11.5 Å². The van der Waals surface area contributed by atoms with Crippen LogP contribution in [0.1, 0.15) is 6.42 Å². The summed E-state index contributed by atoms with van der Waals surface area (Å²) in [4.78, 5) is 37.7. The first-order valence-corrected chi connectivity index (χ1v) is 8.09. The SMILES string of the molecule is COC(=O)C[C@@H]1C(=O)NCCN1CC(=O)Nc1cc(OC)ccc1OC. The molecule has 1 aliphatic rings. The van der Waals surface area contributed by atoms with Crippen molar-refractivity contribution in [1.82, 2.24) is 10.2 Å². The highest BCUT2D eigenvalue weighted by Crippen LogP contribution is 2.28. The number of nitrogens with one attached hydrogen (secondary N) is 2. The zero-order valence-corrected chi connectivity index (χ0v) is 15.0. The quantitative estimate of drug-likeness (QED) is 0.656. The first kappa shape index (κ1) is 19.5. The number of rotatable bonds is 7. The van der Waals surface area contributed by atoms with E-state index in [9.17, 15) is 14.4 Å². The van der Waals surface area contributed by atoms with Gasteiger partial charge in [0.05, 0.1) is 40.0 Å². The summed E-state index contributed by atoms with van der Waals surface area (Å²) in [6.07, 6.45) is -0.113. The first-order valence-electron chi connectivity index (χ1n) is 8.09. The lowest BCUT2D eigenvalue weighted by molar-refractivity contribution is -0.146. The maximum absolute atomic E-state index is 12.5. The summed E-state index contributed by atoms with van der Waals surface area (Å²) >= 11 is 0. The molecule has 1 saturated heterocycles. The molecule has 9 nitrogen and oxygen atoms in total. The maximum Gasteiger partial charge on any atom is 0.307 e. The molecule has 26 heavy (non-hydrogen) atoms. The van der Waals surface area contributed by atoms with Crippen LogP contribution in [0.15, 0.2) is 18.2 Å². The molecule has 2 rings (SSSR count). The minimum atomic E-state index is -0.742. The molecular weight excluding hydrogens is 342 g/mol. The smallest absolute Gasteiger partial charge is 0.307 e. The molecule has 9 heteroatoms. The van der Waals surface area contributed by atoms with Crippen LogP contribution in [0.25, 0.3) is 0 Å². The van der Waals surface area contributed by atoms with Crippen molar-refractivity contribution in [1.29, 1.82) is 0 Å². The van der Waals surface area contributed by atoms with Crippen LogP contribution < -0.4 is 20.1 Å². The van der Waals surface area contributed by atoms with Crippen LogP contribution in [0, 0.1) is 0 Å². The van der Waals surface area contributed by atoms with E-state index in [4.69, 9.17) is 9.47 Å². The summed E-state index contributed by atoms with van der Waals surface area (Å²) in [5.74, 6) is -0.0786. The van der Waals surface area contributed by atoms with Crippen molar-refractivity contribution in [2.75, 3.05) is 46.3 Å². The number of ether oxygens (including phenoxy) is 3. The van der Waals surface area contributed by atoms with Crippen LogP contribution in [-0.2, 0) is 19.1 Å². The van der Waals surface area contributed by atoms with Crippen molar-refractivity contribution in [3.05, 3.63) is 18.2 Å². The second kappa shape index (κ2) is 9.04. The number of piperazine rings is 1. The molecule has 0 spiro atoms. The van der Waals surface area contributed by atoms with Gasteiger partial charge in [-0.05, 0) is 12.1 Å². The molecule has 0 unspecified atom stereocenters. The molecule has 0 saturated carbocycles. The largest absolute Gasteiger partial charge is 0.497 e. The highest BCUT2D eigenvalue weighted by Gasteiger charge is 2.33. The van der Waals surface area contributed by atoms with E-state index in [0.29, 0.717) is 30.3 Å². The van der Waals surface area contributed by atoms with E-state index in [2.05, 4.69) is 15.4 Å². The Labute approximate surface area is 151 Å². The topological polar surface area (TPSA) is 106 Å². The Morgan fingerprint density at radius 3 is 2.69 bits per heavy atom. The predicted molar refractivity (Wildman–Crippen MR) is 93.2 cm³/mol. The summed E-state index contributed by atoms with van der Waals surface area (Å²) in [7, 11) is 4.28. The summed E-state index contributed by atoms with van der Waals surface area (Å²) in [6, 6.07) is 4.30. The number of benzene rings is 1. The van der Waals surface area contributed by atoms with E-state index >= 15 is 0 Å². The summed E-state index contributed by atoms with van der Waals surface area (Å²) in [5, 5.41) is 5.44. The summed E-state index contributed by atoms with van der Waals surface area (Å²) in [5.41, 5.74) is 0.461. The van der Waals surface area contributed by atoms with E-state index < -0.39 is 12.0 Å². The number of anilines is 1. The first-order chi connectivity index (χ1) is 12.5. The Morgan fingerprint density at radius 1 is 1.27 bits per heavy atom. The molecule has 1 fully saturated rings. The molecule has 1 aromatic rings. The fourth-order valence-corrected chi connectivity index (χ4v) is 2.70. The standard InChI is InChI=1S/C17H23N3O6/c1-24-11-4-5-14(25-2)12(8-11)19-15(21)10-20-7-6-18-17(23)13(20)9-16(22)26-3/h4-5,8,13H,6-7,9-10H2,1-3H3,(H,18,23)(H,19,21)/t13-/m1/s1. The Balaban J connectivity index is 2.07. The van der Waals surface area contributed by atoms with Gasteiger partial charge < -0.3 is 24.8 Å². The summed E-state index contributed by atoms with van der Waals surface area (Å²) < 4.78 is 15.0. The van der Waals surface area contributed by atoms with Crippen molar-refractivity contribution in [3.63, 3.8) is 0 Å².